The molecule has 192 valence electrons. The Morgan fingerprint density at radius 2 is 1.92 bits per heavy atom. The number of aromatic nitrogens is 3. The molecule has 37 heavy (non-hydrogen) atoms. The lowest BCUT2D eigenvalue weighted by molar-refractivity contribution is -0.117. The Hall–Kier alpha value is -3.91. The van der Waals surface area contributed by atoms with E-state index in [-0.39, 0.29) is 5.91 Å². The Morgan fingerprint density at radius 1 is 1.11 bits per heavy atom. The van der Waals surface area contributed by atoms with Gasteiger partial charge in [-0.2, -0.15) is 0 Å². The SMILES string of the molecule is COc1cncnc1N1CCN(CCCc2c[nH]c3ccc(CC(=O)N(C)c4ccccc4)cc23)CC1. The molecule has 1 amide bonds. The number of piperazine rings is 1. The smallest absolute Gasteiger partial charge is 0.231 e. The number of carbonyl (C=O) groups is 1. The Kier molecular flexibility index (Phi) is 7.65. The fourth-order valence-electron chi connectivity index (χ4n) is 5.00. The first-order chi connectivity index (χ1) is 18.1. The maximum Gasteiger partial charge on any atom is 0.231 e. The normalized spacial score (nSPS) is 14.2. The van der Waals surface area contributed by atoms with Crippen LogP contribution < -0.4 is 14.5 Å². The number of fused-ring (bicyclic) bond motifs is 1. The van der Waals surface area contributed by atoms with E-state index in [1.165, 1.54) is 10.9 Å². The number of H-pyrrole nitrogens is 1. The van der Waals surface area contributed by atoms with E-state index in [1.807, 2.05) is 43.4 Å². The van der Waals surface area contributed by atoms with Crippen molar-refractivity contribution in [1.29, 1.82) is 0 Å². The molecule has 0 bridgehead atoms. The Balaban J connectivity index is 1.14. The van der Waals surface area contributed by atoms with E-state index in [4.69, 9.17) is 4.74 Å². The highest BCUT2D eigenvalue weighted by Gasteiger charge is 2.20. The van der Waals surface area contributed by atoms with Gasteiger partial charge in [-0.1, -0.05) is 24.3 Å². The van der Waals surface area contributed by atoms with E-state index < -0.39 is 0 Å². The van der Waals surface area contributed by atoms with Crippen LogP contribution in [0.2, 0.25) is 0 Å². The lowest BCUT2D eigenvalue weighted by Gasteiger charge is -2.35. The minimum Gasteiger partial charge on any atom is -0.491 e. The summed E-state index contributed by atoms with van der Waals surface area (Å²) in [5, 5.41) is 1.22. The molecule has 0 saturated carbocycles. The van der Waals surface area contributed by atoms with Crippen LogP contribution in [0.1, 0.15) is 17.5 Å². The molecule has 0 atom stereocenters. The Morgan fingerprint density at radius 3 is 2.70 bits per heavy atom. The second-order valence-corrected chi connectivity index (χ2v) is 9.51. The third kappa shape index (κ3) is 5.75. The van der Waals surface area contributed by atoms with Gasteiger partial charge in [0.15, 0.2) is 11.6 Å². The van der Waals surface area contributed by atoms with Crippen LogP contribution in [0.25, 0.3) is 10.9 Å². The van der Waals surface area contributed by atoms with Crippen molar-refractivity contribution in [3.05, 3.63) is 78.4 Å². The summed E-state index contributed by atoms with van der Waals surface area (Å²) in [5.41, 5.74) is 4.38. The second kappa shape index (κ2) is 11.4. The third-order valence-corrected chi connectivity index (χ3v) is 7.18. The predicted molar refractivity (Wildman–Crippen MR) is 147 cm³/mol. The average molecular weight is 499 g/mol. The number of aryl methyl sites for hydroxylation is 1. The van der Waals surface area contributed by atoms with E-state index >= 15 is 0 Å². The Labute approximate surface area is 217 Å². The maximum absolute atomic E-state index is 12.9. The van der Waals surface area contributed by atoms with E-state index in [2.05, 4.69) is 43.1 Å². The number of aromatic amines is 1. The van der Waals surface area contributed by atoms with Gasteiger partial charge in [0.1, 0.15) is 6.33 Å². The quantitative estimate of drug-likeness (QED) is 0.377. The first-order valence-electron chi connectivity index (χ1n) is 12.8. The van der Waals surface area contributed by atoms with Crippen molar-refractivity contribution in [3.63, 3.8) is 0 Å². The van der Waals surface area contributed by atoms with Crippen LogP contribution in [0.4, 0.5) is 11.5 Å². The molecule has 8 heteroatoms. The zero-order valence-electron chi connectivity index (χ0n) is 21.6. The predicted octanol–water partition coefficient (Wildman–Crippen LogP) is 3.93. The van der Waals surface area contributed by atoms with Gasteiger partial charge < -0.3 is 19.5 Å². The van der Waals surface area contributed by atoms with Gasteiger partial charge >= 0.3 is 0 Å². The standard InChI is InChI=1S/C29H34N6O2/c1-33(24-8-4-3-5-9-24)28(36)18-22-10-11-26-25(17-22)23(19-31-26)7-6-12-34-13-15-35(16-14-34)29-27(37-2)20-30-21-32-29/h3-5,8-11,17,19-21,31H,6-7,12-16,18H2,1-2H3. The van der Waals surface area contributed by atoms with Crippen LogP contribution >= 0.6 is 0 Å². The minimum atomic E-state index is 0.0846. The summed E-state index contributed by atoms with van der Waals surface area (Å²) in [4.78, 5) is 31.3. The number of benzene rings is 2. The number of nitrogens with one attached hydrogen (secondary N) is 1. The van der Waals surface area contributed by atoms with Gasteiger partial charge in [-0.05, 0) is 54.8 Å². The third-order valence-electron chi connectivity index (χ3n) is 7.18. The summed E-state index contributed by atoms with van der Waals surface area (Å²) in [5.74, 6) is 1.68. The molecule has 1 aliphatic heterocycles. The molecule has 2 aromatic carbocycles. The van der Waals surface area contributed by atoms with Crippen LogP contribution in [-0.4, -0.2) is 72.6 Å². The van der Waals surface area contributed by atoms with Crippen LogP contribution in [0, 0.1) is 0 Å². The largest absolute Gasteiger partial charge is 0.491 e. The molecule has 1 N–H and O–H groups in total. The van der Waals surface area contributed by atoms with E-state index in [9.17, 15) is 4.79 Å². The fraction of sp³-hybridized carbons (Fsp3) is 0.345. The summed E-state index contributed by atoms with van der Waals surface area (Å²) in [7, 11) is 3.50. The molecule has 1 aliphatic rings. The number of para-hydroxylation sites is 1. The number of nitrogens with zero attached hydrogens (tertiary/aromatic N) is 5. The summed E-state index contributed by atoms with van der Waals surface area (Å²) in [6.45, 7) is 4.91. The monoisotopic (exact) mass is 498 g/mol. The van der Waals surface area contributed by atoms with Gasteiger partial charge in [0, 0.05) is 56.0 Å². The second-order valence-electron chi connectivity index (χ2n) is 9.51. The first kappa shape index (κ1) is 24.8. The van der Waals surface area contributed by atoms with Gasteiger partial charge in [-0.15, -0.1) is 0 Å². The zero-order valence-corrected chi connectivity index (χ0v) is 21.6. The van der Waals surface area contributed by atoms with Crippen molar-refractivity contribution in [2.45, 2.75) is 19.3 Å². The van der Waals surface area contributed by atoms with Crippen molar-refractivity contribution in [2.75, 3.05) is 56.7 Å². The fourth-order valence-corrected chi connectivity index (χ4v) is 5.00. The first-order valence-corrected chi connectivity index (χ1v) is 12.8. The van der Waals surface area contributed by atoms with Gasteiger partial charge in [-0.25, -0.2) is 9.97 Å². The number of hydrogen-bond donors (Lipinski definition) is 1. The summed E-state index contributed by atoms with van der Waals surface area (Å²) >= 11 is 0. The molecule has 5 rings (SSSR count). The summed E-state index contributed by atoms with van der Waals surface area (Å²) < 4.78 is 5.42. The van der Waals surface area contributed by atoms with Gasteiger partial charge in [-0.3, -0.25) is 9.69 Å². The molecule has 2 aromatic heterocycles. The summed E-state index contributed by atoms with van der Waals surface area (Å²) in [6.07, 6.45) is 7.89. The molecular formula is C29H34N6O2. The number of carbonyl (C=O) groups excluding carboxylic acids is 1. The van der Waals surface area contributed by atoms with E-state index in [1.54, 1.807) is 24.5 Å². The number of methoxy groups -OCH3 is 1. The van der Waals surface area contributed by atoms with Gasteiger partial charge in [0.05, 0.1) is 19.7 Å². The number of amides is 1. The van der Waals surface area contributed by atoms with Crippen molar-refractivity contribution in [3.8, 4) is 5.75 Å². The molecule has 0 unspecified atom stereocenters. The number of hydrogen-bond acceptors (Lipinski definition) is 6. The van der Waals surface area contributed by atoms with Crippen LogP contribution in [0.15, 0.2) is 67.3 Å². The van der Waals surface area contributed by atoms with Crippen LogP contribution in [-0.2, 0) is 17.6 Å². The molecule has 0 aliphatic carbocycles. The molecule has 4 aromatic rings. The van der Waals surface area contributed by atoms with Crippen LogP contribution in [0.3, 0.4) is 0 Å². The van der Waals surface area contributed by atoms with Gasteiger partial charge in [0.25, 0.3) is 0 Å². The highest BCUT2D eigenvalue weighted by Crippen LogP contribution is 2.25. The molecule has 8 nitrogen and oxygen atoms in total. The lowest BCUT2D eigenvalue weighted by atomic mass is 10.0. The number of anilines is 2. The lowest BCUT2D eigenvalue weighted by Crippen LogP contribution is -2.47. The number of rotatable bonds is 9. The van der Waals surface area contributed by atoms with Crippen LogP contribution in [0.5, 0.6) is 5.75 Å². The Bertz CT molecular complexity index is 1330. The highest BCUT2D eigenvalue weighted by molar-refractivity contribution is 5.95. The average Bonchev–Trinajstić information content (AvgIpc) is 3.35. The number of likely N-dealkylation sites (N-methyl/N-ethyl adjacent to an activating group) is 1. The molecule has 1 saturated heterocycles. The topological polar surface area (TPSA) is 77.6 Å². The maximum atomic E-state index is 12.9. The molecule has 0 spiro atoms. The molecule has 3 heterocycles. The minimum absolute atomic E-state index is 0.0846. The zero-order chi connectivity index (χ0) is 25.6. The molecule has 1 fully saturated rings. The van der Waals surface area contributed by atoms with Crippen molar-refractivity contribution in [1.82, 2.24) is 19.9 Å². The van der Waals surface area contributed by atoms with Crippen molar-refractivity contribution >= 4 is 28.3 Å². The van der Waals surface area contributed by atoms with E-state index in [0.717, 1.165) is 73.9 Å². The van der Waals surface area contributed by atoms with Crippen molar-refractivity contribution in [2.24, 2.45) is 0 Å². The van der Waals surface area contributed by atoms with Gasteiger partial charge in [0.2, 0.25) is 5.91 Å². The molecule has 0 radical (unpaired) electrons. The molecular weight excluding hydrogens is 464 g/mol. The highest BCUT2D eigenvalue weighted by atomic mass is 16.5. The number of ether oxygens (including phenoxy) is 1. The summed E-state index contributed by atoms with van der Waals surface area (Å²) in [6, 6.07) is 16.1. The van der Waals surface area contributed by atoms with Crippen molar-refractivity contribution < 1.29 is 9.53 Å². The van der Waals surface area contributed by atoms with E-state index in [0.29, 0.717) is 6.42 Å².